The number of rotatable bonds is 1. The predicted molar refractivity (Wildman–Crippen MR) is 63.9 cm³/mol. The molecule has 0 spiro atoms. The van der Waals surface area contributed by atoms with Crippen LogP contribution in [0.1, 0.15) is 19.3 Å². The lowest BCUT2D eigenvalue weighted by Gasteiger charge is -2.31. The summed E-state index contributed by atoms with van der Waals surface area (Å²) < 4.78 is 2.44. The van der Waals surface area contributed by atoms with E-state index in [1.807, 2.05) is 0 Å². The topological polar surface area (TPSA) is 6.48 Å². The second-order valence-corrected chi connectivity index (χ2v) is 5.92. The van der Waals surface area contributed by atoms with Gasteiger partial charge in [0.05, 0.1) is 0 Å². The van der Waals surface area contributed by atoms with Crippen molar-refractivity contribution in [2.75, 3.05) is 33.2 Å². The molecular formula is C10H19IN2. The third-order valence-electron chi connectivity index (χ3n) is 3.58. The highest BCUT2D eigenvalue weighted by Gasteiger charge is 2.29. The number of likely N-dealkylation sites (tertiary alicyclic amines) is 1. The quantitative estimate of drug-likeness (QED) is 0.539. The fraction of sp³-hybridized carbons (Fsp3) is 1.00. The van der Waals surface area contributed by atoms with Crippen molar-refractivity contribution in [2.24, 2.45) is 11.8 Å². The van der Waals surface area contributed by atoms with E-state index in [-0.39, 0.29) is 0 Å². The van der Waals surface area contributed by atoms with Crippen molar-refractivity contribution < 1.29 is 0 Å². The minimum absolute atomic E-state index is 1.01. The van der Waals surface area contributed by atoms with Crippen molar-refractivity contribution in [1.82, 2.24) is 8.01 Å². The van der Waals surface area contributed by atoms with Gasteiger partial charge in [-0.3, -0.25) is 0 Å². The van der Waals surface area contributed by atoms with Crippen LogP contribution in [0.25, 0.3) is 0 Å². The zero-order valence-corrected chi connectivity index (χ0v) is 10.5. The minimum atomic E-state index is 1.01. The van der Waals surface area contributed by atoms with E-state index in [9.17, 15) is 0 Å². The Kier molecular flexibility index (Phi) is 3.48. The van der Waals surface area contributed by atoms with Crippen LogP contribution in [0.3, 0.4) is 0 Å². The summed E-state index contributed by atoms with van der Waals surface area (Å²) in [6.45, 7) is 5.30. The summed E-state index contributed by atoms with van der Waals surface area (Å²) in [5, 5.41) is 0. The number of halogens is 1. The Labute approximate surface area is 95.2 Å². The first kappa shape index (κ1) is 10.2. The summed E-state index contributed by atoms with van der Waals surface area (Å²) in [4.78, 5) is 2.49. The molecule has 0 aromatic rings. The summed E-state index contributed by atoms with van der Waals surface area (Å²) in [5.41, 5.74) is 0. The molecule has 0 amide bonds. The van der Waals surface area contributed by atoms with Crippen molar-refractivity contribution >= 4 is 22.9 Å². The van der Waals surface area contributed by atoms with Gasteiger partial charge in [-0.05, 0) is 44.7 Å². The highest BCUT2D eigenvalue weighted by molar-refractivity contribution is 14.1. The molecule has 0 aromatic heterocycles. The molecule has 0 saturated carbocycles. The molecule has 76 valence electrons. The molecule has 0 radical (unpaired) electrons. The Hall–Kier alpha value is 0.650. The van der Waals surface area contributed by atoms with E-state index >= 15 is 0 Å². The lowest BCUT2D eigenvalue weighted by molar-refractivity contribution is 0.225. The van der Waals surface area contributed by atoms with Gasteiger partial charge in [0.2, 0.25) is 0 Å². The number of nitrogens with zero attached hydrogens (tertiary/aromatic N) is 2. The number of hydrogen-bond acceptors (Lipinski definition) is 2. The van der Waals surface area contributed by atoms with Crippen LogP contribution in [0.4, 0.5) is 0 Å². The van der Waals surface area contributed by atoms with Crippen molar-refractivity contribution in [2.45, 2.75) is 19.3 Å². The second kappa shape index (κ2) is 4.45. The Morgan fingerprint density at radius 3 is 2.15 bits per heavy atom. The molecule has 2 aliphatic heterocycles. The van der Waals surface area contributed by atoms with E-state index < -0.39 is 0 Å². The number of piperidine rings is 1. The maximum atomic E-state index is 2.49. The van der Waals surface area contributed by atoms with E-state index in [4.69, 9.17) is 0 Å². The Bertz CT molecular complexity index is 166. The zero-order valence-electron chi connectivity index (χ0n) is 8.38. The highest BCUT2D eigenvalue weighted by Crippen LogP contribution is 2.31. The van der Waals surface area contributed by atoms with E-state index in [2.05, 4.69) is 37.9 Å². The first-order valence-electron chi connectivity index (χ1n) is 5.35. The molecular weight excluding hydrogens is 275 g/mol. The molecule has 1 atom stereocenters. The molecule has 0 aromatic carbocycles. The molecule has 2 fully saturated rings. The fourth-order valence-corrected chi connectivity index (χ4v) is 3.25. The van der Waals surface area contributed by atoms with Crippen LogP contribution in [-0.2, 0) is 0 Å². The maximum Gasteiger partial charge on any atom is 0.0201 e. The molecule has 2 saturated heterocycles. The van der Waals surface area contributed by atoms with Gasteiger partial charge in [0.15, 0.2) is 0 Å². The molecule has 0 N–H and O–H groups in total. The van der Waals surface area contributed by atoms with Gasteiger partial charge in [0, 0.05) is 42.5 Å². The van der Waals surface area contributed by atoms with E-state index in [0.29, 0.717) is 0 Å². The van der Waals surface area contributed by atoms with Crippen molar-refractivity contribution in [3.8, 4) is 0 Å². The lowest BCUT2D eigenvalue weighted by Crippen LogP contribution is -2.31. The average molecular weight is 294 g/mol. The van der Waals surface area contributed by atoms with Gasteiger partial charge in [-0.1, -0.05) is 0 Å². The lowest BCUT2D eigenvalue weighted by atomic mass is 9.84. The van der Waals surface area contributed by atoms with Crippen molar-refractivity contribution in [3.63, 3.8) is 0 Å². The Balaban J connectivity index is 1.81. The largest absolute Gasteiger partial charge is 0.306 e. The first-order valence-corrected chi connectivity index (χ1v) is 6.31. The van der Waals surface area contributed by atoms with E-state index in [1.165, 1.54) is 45.4 Å². The van der Waals surface area contributed by atoms with Crippen LogP contribution in [0.2, 0.25) is 0 Å². The molecule has 0 bridgehead atoms. The highest BCUT2D eigenvalue weighted by atomic mass is 127. The summed E-state index contributed by atoms with van der Waals surface area (Å²) in [6, 6.07) is 0. The monoisotopic (exact) mass is 294 g/mol. The van der Waals surface area contributed by atoms with Crippen LogP contribution in [0, 0.1) is 11.8 Å². The fourth-order valence-electron chi connectivity index (χ4n) is 2.69. The van der Waals surface area contributed by atoms with Crippen molar-refractivity contribution in [3.05, 3.63) is 0 Å². The minimum Gasteiger partial charge on any atom is -0.306 e. The van der Waals surface area contributed by atoms with Crippen LogP contribution in [0.5, 0.6) is 0 Å². The zero-order chi connectivity index (χ0) is 9.26. The first-order chi connectivity index (χ1) is 6.25. The van der Waals surface area contributed by atoms with Crippen LogP contribution < -0.4 is 0 Å². The smallest absolute Gasteiger partial charge is 0.0201 e. The van der Waals surface area contributed by atoms with E-state index in [0.717, 1.165) is 11.8 Å². The summed E-state index contributed by atoms with van der Waals surface area (Å²) >= 11 is 2.46. The second-order valence-electron chi connectivity index (χ2n) is 4.56. The van der Waals surface area contributed by atoms with E-state index in [1.54, 1.807) is 0 Å². The molecule has 0 aliphatic carbocycles. The molecule has 3 heteroatoms. The summed E-state index contributed by atoms with van der Waals surface area (Å²) in [5.74, 6) is 2.03. The van der Waals surface area contributed by atoms with Crippen LogP contribution >= 0.6 is 22.9 Å². The van der Waals surface area contributed by atoms with Crippen molar-refractivity contribution in [1.29, 1.82) is 0 Å². The Morgan fingerprint density at radius 1 is 1.00 bits per heavy atom. The van der Waals surface area contributed by atoms with Gasteiger partial charge in [-0.15, -0.1) is 0 Å². The van der Waals surface area contributed by atoms with Crippen LogP contribution in [0.15, 0.2) is 0 Å². The van der Waals surface area contributed by atoms with Gasteiger partial charge in [-0.25, -0.2) is 3.11 Å². The van der Waals surface area contributed by atoms with Gasteiger partial charge in [0.1, 0.15) is 0 Å². The van der Waals surface area contributed by atoms with Gasteiger partial charge in [0.25, 0.3) is 0 Å². The van der Waals surface area contributed by atoms with Gasteiger partial charge < -0.3 is 4.90 Å². The molecule has 2 heterocycles. The molecule has 2 aliphatic rings. The van der Waals surface area contributed by atoms with Crippen LogP contribution in [-0.4, -0.2) is 41.2 Å². The average Bonchev–Trinajstić information content (AvgIpc) is 2.53. The SMILES string of the molecule is CN1CCC(C2CCN(I)CC2)C1. The van der Waals surface area contributed by atoms with Gasteiger partial charge in [-0.2, -0.15) is 0 Å². The third kappa shape index (κ3) is 2.57. The third-order valence-corrected chi connectivity index (χ3v) is 4.54. The summed E-state index contributed by atoms with van der Waals surface area (Å²) in [6.07, 6.45) is 4.31. The standard InChI is InChI=1S/C10H19IN2/c1-12-5-2-10(8-12)9-3-6-13(11)7-4-9/h9-10H,2-8H2,1H3. The normalized spacial score (nSPS) is 34.2. The molecule has 13 heavy (non-hydrogen) atoms. The molecule has 2 rings (SSSR count). The van der Waals surface area contributed by atoms with Gasteiger partial charge >= 0.3 is 0 Å². The Morgan fingerprint density at radius 2 is 1.62 bits per heavy atom. The predicted octanol–water partition coefficient (Wildman–Crippen LogP) is 2.00. The summed E-state index contributed by atoms with van der Waals surface area (Å²) in [7, 11) is 2.26. The maximum absolute atomic E-state index is 2.49. The number of hydrogen-bond donors (Lipinski definition) is 0. The molecule has 2 nitrogen and oxygen atoms in total. The molecule has 1 unspecified atom stereocenters.